The lowest BCUT2D eigenvalue weighted by molar-refractivity contribution is 0.0881. The fraction of sp³-hybridized carbons (Fsp3) is 0.455. The van der Waals surface area contributed by atoms with Crippen LogP contribution in [0, 0.1) is 0 Å². The standard InChI is InChI=1S/C22H30O3PS2/c1-5-21(6-2,27-19-15-11-9-12-16-19)24-26(23)25-22(7-3,8-4)28-20-17-13-10-14-18-20/h9-18H,5-8H2,1-4H3/q+1. The summed E-state index contributed by atoms with van der Waals surface area (Å²) in [5, 5.41) is 0. The first kappa shape index (κ1) is 23.4. The molecular weight excluding hydrogens is 407 g/mol. The summed E-state index contributed by atoms with van der Waals surface area (Å²) in [6, 6.07) is 20.2. The molecular formula is C22H30O3PS2+. The highest BCUT2D eigenvalue weighted by atomic mass is 32.2. The van der Waals surface area contributed by atoms with Gasteiger partial charge in [-0.3, -0.25) is 0 Å². The first-order valence-electron chi connectivity index (χ1n) is 9.84. The Morgan fingerprint density at radius 2 is 1.00 bits per heavy atom. The van der Waals surface area contributed by atoms with Crippen molar-refractivity contribution in [3.63, 3.8) is 0 Å². The highest BCUT2D eigenvalue weighted by Gasteiger charge is 2.46. The molecule has 2 aromatic carbocycles. The van der Waals surface area contributed by atoms with Crippen molar-refractivity contribution in [3.05, 3.63) is 60.7 Å². The Kier molecular flexibility index (Phi) is 9.52. The molecule has 0 heterocycles. The summed E-state index contributed by atoms with van der Waals surface area (Å²) in [4.78, 5) is 1.06. The van der Waals surface area contributed by atoms with Gasteiger partial charge in [0.1, 0.15) is 0 Å². The molecule has 28 heavy (non-hydrogen) atoms. The molecule has 0 amide bonds. The zero-order chi connectivity index (χ0) is 20.5. The summed E-state index contributed by atoms with van der Waals surface area (Å²) in [7, 11) is -2.26. The van der Waals surface area contributed by atoms with Gasteiger partial charge in [-0.1, -0.05) is 87.6 Å². The van der Waals surface area contributed by atoms with Crippen molar-refractivity contribution in [2.24, 2.45) is 0 Å². The molecule has 0 bridgehead atoms. The van der Waals surface area contributed by atoms with Crippen LogP contribution >= 0.6 is 31.8 Å². The summed E-state index contributed by atoms with van der Waals surface area (Å²) in [6.45, 7) is 8.25. The van der Waals surface area contributed by atoms with E-state index in [1.165, 1.54) is 0 Å². The van der Waals surface area contributed by atoms with Crippen LogP contribution in [0.25, 0.3) is 0 Å². The second kappa shape index (κ2) is 11.4. The maximum atomic E-state index is 13.0. The Balaban J connectivity index is 2.12. The average molecular weight is 438 g/mol. The lowest BCUT2D eigenvalue weighted by Crippen LogP contribution is -2.28. The summed E-state index contributed by atoms with van der Waals surface area (Å²) >= 11 is 3.23. The predicted octanol–water partition coefficient (Wildman–Crippen LogP) is 8.29. The van der Waals surface area contributed by atoms with Gasteiger partial charge < -0.3 is 0 Å². The fourth-order valence-electron chi connectivity index (χ4n) is 2.78. The van der Waals surface area contributed by atoms with E-state index in [1.807, 2.05) is 36.4 Å². The minimum atomic E-state index is -2.26. The lowest BCUT2D eigenvalue weighted by atomic mass is 10.2. The van der Waals surface area contributed by atoms with Crippen LogP contribution in [-0.2, 0) is 13.6 Å². The van der Waals surface area contributed by atoms with E-state index in [-0.39, 0.29) is 0 Å². The van der Waals surface area contributed by atoms with Crippen molar-refractivity contribution in [2.45, 2.75) is 73.0 Å². The van der Waals surface area contributed by atoms with Gasteiger partial charge in [-0.15, -0.1) is 9.05 Å². The van der Waals surface area contributed by atoms with E-state index >= 15 is 0 Å². The van der Waals surface area contributed by atoms with Crippen molar-refractivity contribution in [1.82, 2.24) is 0 Å². The SMILES string of the molecule is CCC(CC)(O[P+](=O)OC(CC)(CC)Sc1ccccc1)Sc1ccccc1. The monoisotopic (exact) mass is 437 g/mol. The minimum Gasteiger partial charge on any atom is -0.101 e. The average Bonchev–Trinajstić information content (AvgIpc) is 2.74. The van der Waals surface area contributed by atoms with E-state index < -0.39 is 18.1 Å². The van der Waals surface area contributed by atoms with E-state index in [9.17, 15) is 4.57 Å². The second-order valence-corrected chi connectivity index (χ2v) is 10.1. The van der Waals surface area contributed by atoms with Crippen LogP contribution in [0.4, 0.5) is 0 Å². The molecule has 152 valence electrons. The van der Waals surface area contributed by atoms with Crippen LogP contribution in [0.3, 0.4) is 0 Å². The Morgan fingerprint density at radius 1 is 0.679 bits per heavy atom. The van der Waals surface area contributed by atoms with Crippen LogP contribution in [0.5, 0.6) is 0 Å². The molecule has 0 aliphatic heterocycles. The van der Waals surface area contributed by atoms with Crippen molar-refractivity contribution in [2.75, 3.05) is 0 Å². The summed E-state index contributed by atoms with van der Waals surface area (Å²) in [5.41, 5.74) is 0. The normalized spacial score (nSPS) is 12.1. The lowest BCUT2D eigenvalue weighted by Gasteiger charge is -2.27. The van der Waals surface area contributed by atoms with Crippen LogP contribution in [0.2, 0.25) is 0 Å². The van der Waals surface area contributed by atoms with Gasteiger partial charge in [0.25, 0.3) is 0 Å². The molecule has 3 nitrogen and oxygen atoms in total. The van der Waals surface area contributed by atoms with Crippen LogP contribution in [-0.4, -0.2) is 9.87 Å². The number of hydrogen-bond acceptors (Lipinski definition) is 5. The number of benzene rings is 2. The highest BCUT2D eigenvalue weighted by molar-refractivity contribution is 8.01. The van der Waals surface area contributed by atoms with Crippen LogP contribution in [0.15, 0.2) is 70.5 Å². The maximum absolute atomic E-state index is 13.0. The molecule has 0 aliphatic carbocycles. The van der Waals surface area contributed by atoms with E-state index in [1.54, 1.807) is 23.5 Å². The van der Waals surface area contributed by atoms with Crippen LogP contribution < -0.4 is 0 Å². The Labute approximate surface area is 178 Å². The molecule has 0 saturated heterocycles. The number of thioether (sulfide) groups is 2. The summed E-state index contributed by atoms with van der Waals surface area (Å²) in [6.07, 6.45) is 2.96. The highest BCUT2D eigenvalue weighted by Crippen LogP contribution is 2.51. The van der Waals surface area contributed by atoms with Gasteiger partial charge in [0.15, 0.2) is 9.87 Å². The Bertz CT molecular complexity index is 656. The van der Waals surface area contributed by atoms with Gasteiger partial charge >= 0.3 is 8.25 Å². The Morgan fingerprint density at radius 3 is 1.29 bits per heavy atom. The van der Waals surface area contributed by atoms with Gasteiger partial charge in [-0.25, -0.2) is 0 Å². The fourth-order valence-corrected chi connectivity index (χ4v) is 6.56. The zero-order valence-electron chi connectivity index (χ0n) is 17.1. The quantitative estimate of drug-likeness (QED) is 0.190. The number of hydrogen-bond donors (Lipinski definition) is 0. The third kappa shape index (κ3) is 6.60. The predicted molar refractivity (Wildman–Crippen MR) is 121 cm³/mol. The molecule has 0 unspecified atom stereocenters. The van der Waals surface area contributed by atoms with Crippen molar-refractivity contribution >= 4 is 31.8 Å². The first-order valence-corrected chi connectivity index (χ1v) is 12.6. The summed E-state index contributed by atoms with van der Waals surface area (Å²) < 4.78 is 25.1. The third-order valence-corrected chi connectivity index (χ3v) is 9.06. The molecule has 0 fully saturated rings. The maximum Gasteiger partial charge on any atom is 0.700 e. The third-order valence-electron chi connectivity index (χ3n) is 4.73. The van der Waals surface area contributed by atoms with Gasteiger partial charge in [-0.05, 0) is 49.9 Å². The molecule has 0 spiro atoms. The molecule has 6 heteroatoms. The van der Waals surface area contributed by atoms with Crippen LogP contribution in [0.1, 0.15) is 53.4 Å². The van der Waals surface area contributed by atoms with Gasteiger partial charge in [0, 0.05) is 14.4 Å². The largest absolute Gasteiger partial charge is 0.700 e. The second-order valence-electron chi connectivity index (χ2n) is 6.47. The summed E-state index contributed by atoms with van der Waals surface area (Å²) in [5.74, 6) is 0. The minimum absolute atomic E-state index is 0.570. The van der Waals surface area contributed by atoms with E-state index in [0.29, 0.717) is 0 Å². The van der Waals surface area contributed by atoms with Gasteiger partial charge in [0.05, 0.1) is 0 Å². The zero-order valence-corrected chi connectivity index (χ0v) is 19.6. The molecule has 0 radical (unpaired) electrons. The van der Waals surface area contributed by atoms with Crippen molar-refractivity contribution < 1.29 is 13.6 Å². The first-order chi connectivity index (χ1) is 13.5. The van der Waals surface area contributed by atoms with Gasteiger partial charge in [0.2, 0.25) is 0 Å². The molecule has 2 aromatic rings. The molecule has 0 N–H and O–H groups in total. The molecule has 0 aliphatic rings. The molecule has 2 rings (SSSR count). The Hall–Kier alpha value is -0.840. The van der Waals surface area contributed by atoms with Crippen molar-refractivity contribution in [3.8, 4) is 0 Å². The van der Waals surface area contributed by atoms with Gasteiger partial charge in [-0.2, -0.15) is 0 Å². The van der Waals surface area contributed by atoms with Crippen molar-refractivity contribution in [1.29, 1.82) is 0 Å². The topological polar surface area (TPSA) is 35.5 Å². The smallest absolute Gasteiger partial charge is 0.101 e. The molecule has 0 aromatic heterocycles. The number of rotatable bonds is 12. The van der Waals surface area contributed by atoms with E-state index in [2.05, 4.69) is 52.0 Å². The molecule has 0 saturated carbocycles. The molecule has 0 atom stereocenters. The van der Waals surface area contributed by atoms with E-state index in [0.717, 1.165) is 35.5 Å². The van der Waals surface area contributed by atoms with E-state index in [4.69, 9.17) is 9.05 Å².